The fourth-order valence-corrected chi connectivity index (χ4v) is 1.47. The minimum atomic E-state index is 0.109. The molecule has 3 heteroatoms. The van der Waals surface area contributed by atoms with Crippen LogP contribution < -0.4 is 11.1 Å². The number of carbonyl (C=O) groups is 1. The number of rotatable bonds is 9. The van der Waals surface area contributed by atoms with Crippen LogP contribution in [0.5, 0.6) is 0 Å². The molecule has 0 aromatic rings. The molecule has 15 heavy (non-hydrogen) atoms. The molecule has 0 aromatic heterocycles. The third kappa shape index (κ3) is 9.73. The molecule has 0 aliphatic rings. The molecule has 0 spiro atoms. The predicted octanol–water partition coefficient (Wildman–Crippen LogP) is 2.20. The van der Waals surface area contributed by atoms with E-state index in [0.29, 0.717) is 13.0 Å². The lowest BCUT2D eigenvalue weighted by molar-refractivity contribution is -0.121. The van der Waals surface area contributed by atoms with Crippen molar-refractivity contribution in [2.24, 2.45) is 5.73 Å². The maximum atomic E-state index is 11.3. The van der Waals surface area contributed by atoms with Gasteiger partial charge in [-0.25, -0.2) is 0 Å². The minimum Gasteiger partial charge on any atom is -0.352 e. The van der Waals surface area contributed by atoms with Gasteiger partial charge in [0.1, 0.15) is 0 Å². The highest BCUT2D eigenvalue weighted by Gasteiger charge is 2.04. The molecule has 0 rings (SSSR count). The SMILES string of the molecule is CCCCCCCCC(=O)NC(C)CN. The van der Waals surface area contributed by atoms with E-state index in [2.05, 4.69) is 12.2 Å². The zero-order valence-electron chi connectivity index (χ0n) is 10.2. The number of amides is 1. The first-order valence-corrected chi connectivity index (χ1v) is 6.20. The van der Waals surface area contributed by atoms with Gasteiger partial charge in [-0.2, -0.15) is 0 Å². The van der Waals surface area contributed by atoms with Gasteiger partial charge in [-0.1, -0.05) is 39.0 Å². The summed E-state index contributed by atoms with van der Waals surface area (Å²) in [4.78, 5) is 11.3. The third-order valence-corrected chi connectivity index (χ3v) is 2.52. The lowest BCUT2D eigenvalue weighted by Crippen LogP contribution is -2.37. The highest BCUT2D eigenvalue weighted by atomic mass is 16.1. The smallest absolute Gasteiger partial charge is 0.220 e. The summed E-state index contributed by atoms with van der Waals surface area (Å²) in [5.74, 6) is 0.142. The van der Waals surface area contributed by atoms with Crippen LogP contribution in [0.2, 0.25) is 0 Å². The van der Waals surface area contributed by atoms with Crippen molar-refractivity contribution in [2.45, 2.75) is 64.8 Å². The lowest BCUT2D eigenvalue weighted by Gasteiger charge is -2.10. The summed E-state index contributed by atoms with van der Waals surface area (Å²) < 4.78 is 0. The molecule has 0 aromatic carbocycles. The van der Waals surface area contributed by atoms with Crippen LogP contribution in [0, 0.1) is 0 Å². The van der Waals surface area contributed by atoms with Gasteiger partial charge in [0.05, 0.1) is 0 Å². The minimum absolute atomic E-state index is 0.109. The Morgan fingerprint density at radius 1 is 1.20 bits per heavy atom. The van der Waals surface area contributed by atoms with Gasteiger partial charge in [-0.15, -0.1) is 0 Å². The van der Waals surface area contributed by atoms with E-state index < -0.39 is 0 Å². The third-order valence-electron chi connectivity index (χ3n) is 2.52. The molecule has 0 saturated carbocycles. The Labute approximate surface area is 93.8 Å². The summed E-state index contributed by atoms with van der Waals surface area (Å²) in [6.45, 7) is 4.66. The molecule has 1 amide bonds. The van der Waals surface area contributed by atoms with E-state index >= 15 is 0 Å². The van der Waals surface area contributed by atoms with E-state index in [9.17, 15) is 4.79 Å². The molecule has 3 N–H and O–H groups in total. The Morgan fingerprint density at radius 3 is 2.40 bits per heavy atom. The molecule has 3 nitrogen and oxygen atoms in total. The zero-order valence-corrected chi connectivity index (χ0v) is 10.2. The second-order valence-electron chi connectivity index (χ2n) is 4.22. The van der Waals surface area contributed by atoms with E-state index in [1.807, 2.05) is 6.92 Å². The van der Waals surface area contributed by atoms with Crippen molar-refractivity contribution < 1.29 is 4.79 Å². The second kappa shape index (κ2) is 9.97. The molecular weight excluding hydrogens is 188 g/mol. The van der Waals surface area contributed by atoms with Gasteiger partial charge in [-0.05, 0) is 13.3 Å². The molecule has 0 bridgehead atoms. The van der Waals surface area contributed by atoms with Crippen LogP contribution in [-0.2, 0) is 4.79 Å². The van der Waals surface area contributed by atoms with E-state index in [1.54, 1.807) is 0 Å². The first kappa shape index (κ1) is 14.4. The Balaban J connectivity index is 3.24. The number of hydrogen-bond acceptors (Lipinski definition) is 2. The van der Waals surface area contributed by atoms with Crippen molar-refractivity contribution in [3.05, 3.63) is 0 Å². The maximum absolute atomic E-state index is 11.3. The Kier molecular flexibility index (Phi) is 9.59. The molecular formula is C12H26N2O. The molecule has 0 radical (unpaired) electrons. The predicted molar refractivity (Wildman–Crippen MR) is 64.7 cm³/mol. The van der Waals surface area contributed by atoms with Crippen LogP contribution in [-0.4, -0.2) is 18.5 Å². The van der Waals surface area contributed by atoms with E-state index in [0.717, 1.165) is 6.42 Å². The number of nitrogens with two attached hydrogens (primary N) is 1. The highest BCUT2D eigenvalue weighted by molar-refractivity contribution is 5.76. The molecule has 0 fully saturated rings. The average Bonchev–Trinajstić information content (AvgIpc) is 2.23. The summed E-state index contributed by atoms with van der Waals surface area (Å²) in [5, 5.41) is 2.87. The van der Waals surface area contributed by atoms with Gasteiger partial charge < -0.3 is 11.1 Å². The Morgan fingerprint density at radius 2 is 1.80 bits per heavy atom. The van der Waals surface area contributed by atoms with E-state index in [-0.39, 0.29) is 11.9 Å². The summed E-state index contributed by atoms with van der Waals surface area (Å²) >= 11 is 0. The van der Waals surface area contributed by atoms with E-state index in [1.165, 1.54) is 32.1 Å². The quantitative estimate of drug-likeness (QED) is 0.578. The second-order valence-corrected chi connectivity index (χ2v) is 4.22. The van der Waals surface area contributed by atoms with Gasteiger partial charge in [0.25, 0.3) is 0 Å². The largest absolute Gasteiger partial charge is 0.352 e. The Hall–Kier alpha value is -0.570. The number of carbonyl (C=O) groups excluding carboxylic acids is 1. The van der Waals surface area contributed by atoms with Gasteiger partial charge in [0.2, 0.25) is 5.91 Å². The molecule has 1 unspecified atom stereocenters. The fourth-order valence-electron chi connectivity index (χ4n) is 1.47. The molecule has 0 heterocycles. The van der Waals surface area contributed by atoms with Crippen molar-refractivity contribution in [3.8, 4) is 0 Å². The van der Waals surface area contributed by atoms with Crippen molar-refractivity contribution in [2.75, 3.05) is 6.54 Å². The number of unbranched alkanes of at least 4 members (excludes halogenated alkanes) is 5. The van der Waals surface area contributed by atoms with Crippen LogP contribution in [0.4, 0.5) is 0 Å². The number of nitrogens with one attached hydrogen (secondary N) is 1. The standard InChI is InChI=1S/C12H26N2O/c1-3-4-5-6-7-8-9-12(15)14-11(2)10-13/h11H,3-10,13H2,1-2H3,(H,14,15). The van der Waals surface area contributed by atoms with Crippen LogP contribution in [0.3, 0.4) is 0 Å². The van der Waals surface area contributed by atoms with Crippen LogP contribution in [0.15, 0.2) is 0 Å². The van der Waals surface area contributed by atoms with Crippen LogP contribution in [0.1, 0.15) is 58.8 Å². The molecule has 0 saturated heterocycles. The van der Waals surface area contributed by atoms with Crippen molar-refractivity contribution in [3.63, 3.8) is 0 Å². The van der Waals surface area contributed by atoms with Gasteiger partial charge in [-0.3, -0.25) is 4.79 Å². The van der Waals surface area contributed by atoms with Crippen molar-refractivity contribution in [1.29, 1.82) is 0 Å². The first-order valence-electron chi connectivity index (χ1n) is 6.20. The summed E-state index contributed by atoms with van der Waals surface area (Å²) in [6, 6.07) is 0.109. The lowest BCUT2D eigenvalue weighted by atomic mass is 10.1. The molecule has 90 valence electrons. The highest BCUT2D eigenvalue weighted by Crippen LogP contribution is 2.06. The maximum Gasteiger partial charge on any atom is 0.220 e. The first-order chi connectivity index (χ1) is 7.20. The van der Waals surface area contributed by atoms with Crippen LogP contribution in [0.25, 0.3) is 0 Å². The van der Waals surface area contributed by atoms with E-state index in [4.69, 9.17) is 5.73 Å². The van der Waals surface area contributed by atoms with Crippen molar-refractivity contribution >= 4 is 5.91 Å². The molecule has 1 atom stereocenters. The normalized spacial score (nSPS) is 12.5. The average molecular weight is 214 g/mol. The van der Waals surface area contributed by atoms with Gasteiger partial charge in [0.15, 0.2) is 0 Å². The van der Waals surface area contributed by atoms with Gasteiger partial charge >= 0.3 is 0 Å². The summed E-state index contributed by atoms with van der Waals surface area (Å²) in [6.07, 6.45) is 7.98. The number of hydrogen-bond donors (Lipinski definition) is 2. The van der Waals surface area contributed by atoms with Gasteiger partial charge in [0, 0.05) is 19.0 Å². The molecule has 0 aliphatic carbocycles. The molecule has 0 aliphatic heterocycles. The zero-order chi connectivity index (χ0) is 11.5. The summed E-state index contributed by atoms with van der Waals surface area (Å²) in [7, 11) is 0. The topological polar surface area (TPSA) is 55.1 Å². The fraction of sp³-hybridized carbons (Fsp3) is 0.917. The Bertz CT molecular complexity index is 160. The van der Waals surface area contributed by atoms with Crippen LogP contribution >= 0.6 is 0 Å². The summed E-state index contributed by atoms with van der Waals surface area (Å²) in [5.41, 5.74) is 5.42. The van der Waals surface area contributed by atoms with Crippen molar-refractivity contribution in [1.82, 2.24) is 5.32 Å². The monoisotopic (exact) mass is 214 g/mol.